The molecule has 0 aliphatic carbocycles. The van der Waals surface area contributed by atoms with E-state index in [-0.39, 0.29) is 11.7 Å². The maximum atomic E-state index is 5.59. The fourth-order valence-corrected chi connectivity index (χ4v) is 1.14. The van der Waals surface area contributed by atoms with Gasteiger partial charge in [0.2, 0.25) is 0 Å². The Morgan fingerprint density at radius 1 is 1.50 bits per heavy atom. The van der Waals surface area contributed by atoms with Crippen molar-refractivity contribution in [2.75, 3.05) is 26.9 Å². The summed E-state index contributed by atoms with van der Waals surface area (Å²) in [7, 11) is 1.70. The predicted octanol–water partition coefficient (Wildman–Crippen LogP) is 1.22. The van der Waals surface area contributed by atoms with Crippen molar-refractivity contribution in [1.29, 1.82) is 0 Å². The number of methoxy groups -OCH3 is 1. The second-order valence-corrected chi connectivity index (χ2v) is 3.79. The number of hydrogen-bond acceptors (Lipinski definition) is 3. The van der Waals surface area contributed by atoms with Gasteiger partial charge in [0.25, 0.3) is 0 Å². The van der Waals surface area contributed by atoms with Crippen molar-refractivity contribution in [1.82, 2.24) is 0 Å². The fraction of sp³-hybridized carbons (Fsp3) is 1.00. The van der Waals surface area contributed by atoms with Crippen LogP contribution in [0.15, 0.2) is 0 Å². The standard InChI is InChI=1S/C9H18O3/c1-9(2)7-11-8(6-12-9)4-5-10-3/h8H,4-7H2,1-3H3. The summed E-state index contributed by atoms with van der Waals surface area (Å²) in [6, 6.07) is 0. The van der Waals surface area contributed by atoms with Crippen molar-refractivity contribution < 1.29 is 14.2 Å². The normalized spacial score (nSPS) is 28.8. The van der Waals surface area contributed by atoms with E-state index in [0.717, 1.165) is 13.0 Å². The van der Waals surface area contributed by atoms with E-state index < -0.39 is 0 Å². The molecule has 1 unspecified atom stereocenters. The summed E-state index contributed by atoms with van der Waals surface area (Å²) in [5.41, 5.74) is -0.108. The van der Waals surface area contributed by atoms with E-state index in [1.807, 2.05) is 13.8 Å². The van der Waals surface area contributed by atoms with E-state index >= 15 is 0 Å². The molecule has 0 spiro atoms. The van der Waals surface area contributed by atoms with Crippen molar-refractivity contribution in [2.24, 2.45) is 0 Å². The highest BCUT2D eigenvalue weighted by Gasteiger charge is 2.27. The van der Waals surface area contributed by atoms with Gasteiger partial charge in [-0.05, 0) is 20.3 Å². The first-order valence-corrected chi connectivity index (χ1v) is 4.38. The molecular formula is C9H18O3. The molecule has 1 atom stereocenters. The summed E-state index contributed by atoms with van der Waals surface area (Å²) >= 11 is 0. The zero-order chi connectivity index (χ0) is 9.03. The SMILES string of the molecule is COCCC1COC(C)(C)CO1. The molecule has 1 fully saturated rings. The van der Waals surface area contributed by atoms with Crippen LogP contribution in [0.3, 0.4) is 0 Å². The lowest BCUT2D eigenvalue weighted by molar-refractivity contribution is -0.178. The Morgan fingerprint density at radius 2 is 2.25 bits per heavy atom. The van der Waals surface area contributed by atoms with Crippen LogP contribution < -0.4 is 0 Å². The molecular weight excluding hydrogens is 156 g/mol. The van der Waals surface area contributed by atoms with Crippen molar-refractivity contribution in [2.45, 2.75) is 32.0 Å². The molecule has 0 aromatic carbocycles. The van der Waals surface area contributed by atoms with Gasteiger partial charge in [-0.25, -0.2) is 0 Å². The molecule has 0 amide bonds. The monoisotopic (exact) mass is 174 g/mol. The Kier molecular flexibility index (Phi) is 3.50. The molecule has 0 N–H and O–H groups in total. The molecule has 1 saturated heterocycles. The van der Waals surface area contributed by atoms with Crippen LogP contribution >= 0.6 is 0 Å². The highest BCUT2D eigenvalue weighted by molar-refractivity contribution is 4.74. The van der Waals surface area contributed by atoms with Crippen LogP contribution in [0.25, 0.3) is 0 Å². The van der Waals surface area contributed by atoms with E-state index in [4.69, 9.17) is 14.2 Å². The van der Waals surface area contributed by atoms with Crippen LogP contribution in [0.1, 0.15) is 20.3 Å². The Labute approximate surface area is 74.0 Å². The van der Waals surface area contributed by atoms with Gasteiger partial charge in [0.15, 0.2) is 0 Å². The smallest absolute Gasteiger partial charge is 0.0860 e. The molecule has 0 bridgehead atoms. The average molecular weight is 174 g/mol. The second kappa shape index (κ2) is 4.21. The minimum absolute atomic E-state index is 0.108. The summed E-state index contributed by atoms with van der Waals surface area (Å²) < 4.78 is 16.1. The quantitative estimate of drug-likeness (QED) is 0.643. The summed E-state index contributed by atoms with van der Waals surface area (Å²) in [6.45, 7) is 6.20. The number of hydrogen-bond donors (Lipinski definition) is 0. The molecule has 3 nitrogen and oxygen atoms in total. The van der Waals surface area contributed by atoms with Crippen LogP contribution in [0.2, 0.25) is 0 Å². The molecule has 1 heterocycles. The van der Waals surface area contributed by atoms with Gasteiger partial charge in [-0.1, -0.05) is 0 Å². The largest absolute Gasteiger partial charge is 0.385 e. The van der Waals surface area contributed by atoms with E-state index in [0.29, 0.717) is 13.2 Å². The molecule has 72 valence electrons. The molecule has 1 aliphatic rings. The van der Waals surface area contributed by atoms with Gasteiger partial charge < -0.3 is 14.2 Å². The lowest BCUT2D eigenvalue weighted by Gasteiger charge is -2.34. The lowest BCUT2D eigenvalue weighted by atomic mass is 10.1. The van der Waals surface area contributed by atoms with E-state index in [2.05, 4.69) is 0 Å². The Hall–Kier alpha value is -0.120. The second-order valence-electron chi connectivity index (χ2n) is 3.79. The van der Waals surface area contributed by atoms with Crippen LogP contribution in [0, 0.1) is 0 Å². The number of ether oxygens (including phenoxy) is 3. The summed E-state index contributed by atoms with van der Waals surface area (Å²) in [6.07, 6.45) is 1.14. The number of rotatable bonds is 3. The van der Waals surface area contributed by atoms with Gasteiger partial charge in [0, 0.05) is 13.7 Å². The highest BCUT2D eigenvalue weighted by Crippen LogP contribution is 2.18. The first kappa shape index (κ1) is 9.96. The first-order chi connectivity index (χ1) is 5.64. The first-order valence-electron chi connectivity index (χ1n) is 4.38. The zero-order valence-corrected chi connectivity index (χ0v) is 8.13. The molecule has 12 heavy (non-hydrogen) atoms. The third kappa shape index (κ3) is 3.09. The molecule has 1 aliphatic heterocycles. The van der Waals surface area contributed by atoms with E-state index in [9.17, 15) is 0 Å². The van der Waals surface area contributed by atoms with Crippen molar-refractivity contribution in [3.63, 3.8) is 0 Å². The van der Waals surface area contributed by atoms with Gasteiger partial charge in [-0.3, -0.25) is 0 Å². The van der Waals surface area contributed by atoms with Gasteiger partial charge >= 0.3 is 0 Å². The molecule has 0 aromatic heterocycles. The Morgan fingerprint density at radius 3 is 2.75 bits per heavy atom. The van der Waals surface area contributed by atoms with Crippen LogP contribution in [0.4, 0.5) is 0 Å². The highest BCUT2D eigenvalue weighted by atomic mass is 16.6. The van der Waals surface area contributed by atoms with Crippen LogP contribution in [-0.4, -0.2) is 38.6 Å². The molecule has 0 aromatic rings. The van der Waals surface area contributed by atoms with Gasteiger partial charge in [-0.15, -0.1) is 0 Å². The molecule has 1 rings (SSSR count). The predicted molar refractivity (Wildman–Crippen MR) is 46.3 cm³/mol. The zero-order valence-electron chi connectivity index (χ0n) is 8.13. The summed E-state index contributed by atoms with van der Waals surface area (Å²) in [4.78, 5) is 0. The summed E-state index contributed by atoms with van der Waals surface area (Å²) in [5.74, 6) is 0. The van der Waals surface area contributed by atoms with Crippen LogP contribution in [0.5, 0.6) is 0 Å². The average Bonchev–Trinajstić information content (AvgIpc) is 2.03. The van der Waals surface area contributed by atoms with Crippen molar-refractivity contribution in [3.05, 3.63) is 0 Å². The third-order valence-corrected chi connectivity index (χ3v) is 1.97. The maximum Gasteiger partial charge on any atom is 0.0860 e. The van der Waals surface area contributed by atoms with Crippen molar-refractivity contribution in [3.8, 4) is 0 Å². The maximum absolute atomic E-state index is 5.59. The molecule has 3 heteroatoms. The Balaban J connectivity index is 2.18. The van der Waals surface area contributed by atoms with Gasteiger partial charge in [0.05, 0.1) is 24.9 Å². The van der Waals surface area contributed by atoms with E-state index in [1.54, 1.807) is 7.11 Å². The fourth-order valence-electron chi connectivity index (χ4n) is 1.14. The van der Waals surface area contributed by atoms with Crippen LogP contribution in [-0.2, 0) is 14.2 Å². The molecule has 0 radical (unpaired) electrons. The molecule has 0 saturated carbocycles. The summed E-state index contributed by atoms with van der Waals surface area (Å²) in [5, 5.41) is 0. The Bertz CT molecular complexity index is 124. The van der Waals surface area contributed by atoms with Gasteiger partial charge in [0.1, 0.15) is 0 Å². The van der Waals surface area contributed by atoms with Crippen molar-refractivity contribution >= 4 is 0 Å². The minimum atomic E-state index is -0.108. The van der Waals surface area contributed by atoms with Gasteiger partial charge in [-0.2, -0.15) is 0 Å². The lowest BCUT2D eigenvalue weighted by Crippen LogP contribution is -2.42. The third-order valence-electron chi connectivity index (χ3n) is 1.97. The topological polar surface area (TPSA) is 27.7 Å². The van der Waals surface area contributed by atoms with E-state index in [1.165, 1.54) is 0 Å². The minimum Gasteiger partial charge on any atom is -0.385 e.